The van der Waals surface area contributed by atoms with E-state index in [0.717, 1.165) is 11.1 Å². The van der Waals surface area contributed by atoms with Crippen LogP contribution in [-0.4, -0.2) is 11.1 Å². The van der Waals surface area contributed by atoms with Gasteiger partial charge in [-0.25, -0.2) is 4.39 Å². The molecule has 0 bridgehead atoms. The molecule has 0 radical (unpaired) electrons. The van der Waals surface area contributed by atoms with E-state index in [1.807, 2.05) is 31.2 Å². The molecule has 3 rings (SSSR count). The Morgan fingerprint density at radius 2 is 1.81 bits per heavy atom. The first-order chi connectivity index (χ1) is 10.0. The molecule has 0 unspecified atom stereocenters. The summed E-state index contributed by atoms with van der Waals surface area (Å²) in [6.07, 6.45) is 1.09. The highest BCUT2D eigenvalue weighted by molar-refractivity contribution is 5.81. The minimum absolute atomic E-state index is 0.0423. The Morgan fingerprint density at radius 1 is 1.19 bits per heavy atom. The summed E-state index contributed by atoms with van der Waals surface area (Å²) in [6.45, 7) is 2.01. The van der Waals surface area contributed by atoms with Gasteiger partial charge in [-0.3, -0.25) is 4.79 Å². The summed E-state index contributed by atoms with van der Waals surface area (Å²) in [4.78, 5) is 11.7. The van der Waals surface area contributed by atoms with Crippen LogP contribution in [0.1, 0.15) is 29.0 Å². The van der Waals surface area contributed by atoms with Crippen LogP contribution >= 0.6 is 0 Å². The molecule has 1 N–H and O–H groups in total. The van der Waals surface area contributed by atoms with E-state index < -0.39 is 11.4 Å². The van der Waals surface area contributed by atoms with Crippen LogP contribution in [0.5, 0.6) is 0 Å². The summed E-state index contributed by atoms with van der Waals surface area (Å²) >= 11 is 0. The van der Waals surface area contributed by atoms with E-state index in [4.69, 9.17) is 0 Å². The lowest BCUT2D eigenvalue weighted by Gasteiger charge is -2.13. The summed E-state index contributed by atoms with van der Waals surface area (Å²) in [5.41, 5.74) is 2.37. The van der Waals surface area contributed by atoms with Crippen LogP contribution in [0, 0.1) is 18.2 Å². The Bertz CT molecular complexity index is 661. The third-order valence-electron chi connectivity index (χ3n) is 4.41. The summed E-state index contributed by atoms with van der Waals surface area (Å²) < 4.78 is 13.0. The normalized spacial score (nSPS) is 23.8. The number of carboxylic acid groups (broad SMARTS) is 1. The predicted octanol–water partition coefficient (Wildman–Crippen LogP) is 3.94. The van der Waals surface area contributed by atoms with Crippen molar-refractivity contribution in [1.82, 2.24) is 0 Å². The van der Waals surface area contributed by atoms with Crippen LogP contribution in [0.4, 0.5) is 4.39 Å². The van der Waals surface area contributed by atoms with Crippen molar-refractivity contribution in [2.24, 2.45) is 5.41 Å². The molecule has 1 aliphatic carbocycles. The molecular weight excluding hydrogens is 267 g/mol. The fourth-order valence-electron chi connectivity index (χ4n) is 3.01. The lowest BCUT2D eigenvalue weighted by Crippen LogP contribution is -2.20. The smallest absolute Gasteiger partial charge is 0.310 e. The van der Waals surface area contributed by atoms with Gasteiger partial charge in [-0.05, 0) is 43.0 Å². The van der Waals surface area contributed by atoms with Crippen molar-refractivity contribution < 1.29 is 14.3 Å². The topological polar surface area (TPSA) is 37.3 Å². The molecule has 2 aromatic rings. The summed E-state index contributed by atoms with van der Waals surface area (Å²) in [6, 6.07) is 14.2. The highest BCUT2D eigenvalue weighted by Gasteiger charge is 2.60. The van der Waals surface area contributed by atoms with Gasteiger partial charge in [0.15, 0.2) is 0 Å². The molecule has 2 atom stereocenters. The predicted molar refractivity (Wildman–Crippen MR) is 78.7 cm³/mol. The quantitative estimate of drug-likeness (QED) is 0.923. The average molecular weight is 284 g/mol. The monoisotopic (exact) mass is 284 g/mol. The number of carboxylic acids is 1. The van der Waals surface area contributed by atoms with Crippen LogP contribution < -0.4 is 0 Å². The van der Waals surface area contributed by atoms with Gasteiger partial charge in [0.2, 0.25) is 0 Å². The number of aryl methyl sites for hydroxylation is 1. The standard InChI is InChI=1S/C18H17FO2/c1-12-2-6-14(7-3-12)16-11-18(16,17(20)21)10-13-4-8-15(19)9-5-13/h2-9,16H,10-11H2,1H3,(H,20,21)/t16-,18-/m1/s1. The molecule has 1 saturated carbocycles. The van der Waals surface area contributed by atoms with Crippen LogP contribution in [-0.2, 0) is 11.2 Å². The Labute approximate surface area is 123 Å². The number of hydrogen-bond acceptors (Lipinski definition) is 1. The fraction of sp³-hybridized carbons (Fsp3) is 0.278. The maximum absolute atomic E-state index is 13.0. The van der Waals surface area contributed by atoms with E-state index in [1.165, 1.54) is 17.7 Å². The van der Waals surface area contributed by atoms with E-state index >= 15 is 0 Å². The molecule has 21 heavy (non-hydrogen) atoms. The first-order valence-electron chi connectivity index (χ1n) is 7.06. The molecule has 0 heterocycles. The van der Waals surface area contributed by atoms with Crippen molar-refractivity contribution in [2.45, 2.75) is 25.7 Å². The molecule has 0 aromatic heterocycles. The largest absolute Gasteiger partial charge is 0.481 e. The number of halogens is 1. The van der Waals surface area contributed by atoms with Gasteiger partial charge >= 0.3 is 5.97 Å². The number of hydrogen-bond donors (Lipinski definition) is 1. The minimum Gasteiger partial charge on any atom is -0.481 e. The van der Waals surface area contributed by atoms with Gasteiger partial charge in [-0.15, -0.1) is 0 Å². The molecule has 1 aliphatic rings. The van der Waals surface area contributed by atoms with E-state index in [0.29, 0.717) is 12.8 Å². The number of carbonyl (C=O) groups is 1. The SMILES string of the molecule is Cc1ccc([C@H]2C[C@@]2(Cc2ccc(F)cc2)C(=O)O)cc1. The van der Waals surface area contributed by atoms with Crippen molar-refractivity contribution in [1.29, 1.82) is 0 Å². The van der Waals surface area contributed by atoms with Crippen LogP contribution in [0.15, 0.2) is 48.5 Å². The van der Waals surface area contributed by atoms with E-state index in [2.05, 4.69) is 0 Å². The van der Waals surface area contributed by atoms with Crippen molar-refractivity contribution in [3.05, 3.63) is 71.0 Å². The van der Waals surface area contributed by atoms with Crippen LogP contribution in [0.3, 0.4) is 0 Å². The maximum Gasteiger partial charge on any atom is 0.310 e. The molecule has 0 amide bonds. The Kier molecular flexibility index (Phi) is 3.28. The van der Waals surface area contributed by atoms with Gasteiger partial charge < -0.3 is 5.11 Å². The van der Waals surface area contributed by atoms with Crippen LogP contribution in [0.2, 0.25) is 0 Å². The zero-order valence-electron chi connectivity index (χ0n) is 11.8. The van der Waals surface area contributed by atoms with Gasteiger partial charge in [-0.1, -0.05) is 42.0 Å². The third-order valence-corrected chi connectivity index (χ3v) is 4.41. The summed E-state index contributed by atoms with van der Waals surface area (Å²) in [5, 5.41) is 9.63. The molecule has 3 heteroatoms. The van der Waals surface area contributed by atoms with E-state index in [1.54, 1.807) is 12.1 Å². The lowest BCUT2D eigenvalue weighted by molar-refractivity contribution is -0.143. The van der Waals surface area contributed by atoms with E-state index in [-0.39, 0.29) is 11.7 Å². The second-order valence-electron chi connectivity index (χ2n) is 5.93. The van der Waals surface area contributed by atoms with Crippen LogP contribution in [0.25, 0.3) is 0 Å². The molecule has 2 nitrogen and oxygen atoms in total. The Morgan fingerprint density at radius 3 is 2.38 bits per heavy atom. The minimum atomic E-state index is -0.766. The van der Waals surface area contributed by atoms with Crippen molar-refractivity contribution in [3.63, 3.8) is 0 Å². The fourth-order valence-corrected chi connectivity index (χ4v) is 3.01. The number of aliphatic carboxylic acids is 1. The molecular formula is C18H17FO2. The van der Waals surface area contributed by atoms with Crippen molar-refractivity contribution >= 4 is 5.97 Å². The number of benzene rings is 2. The second kappa shape index (κ2) is 4.99. The highest BCUT2D eigenvalue weighted by Crippen LogP contribution is 2.61. The third kappa shape index (κ3) is 2.56. The molecule has 0 spiro atoms. The summed E-state index contributed by atoms with van der Waals surface area (Å²) in [5.74, 6) is -1.02. The van der Waals surface area contributed by atoms with Gasteiger partial charge in [0.25, 0.3) is 0 Å². The Balaban J connectivity index is 1.84. The van der Waals surface area contributed by atoms with Gasteiger partial charge in [0, 0.05) is 5.92 Å². The molecule has 0 aliphatic heterocycles. The summed E-state index contributed by atoms with van der Waals surface area (Å²) in [7, 11) is 0. The number of rotatable bonds is 4. The first-order valence-corrected chi connectivity index (χ1v) is 7.06. The molecule has 108 valence electrons. The molecule has 1 fully saturated rings. The molecule has 2 aromatic carbocycles. The average Bonchev–Trinajstić information content (AvgIpc) is 3.18. The first kappa shape index (κ1) is 13.8. The highest BCUT2D eigenvalue weighted by atomic mass is 19.1. The van der Waals surface area contributed by atoms with Crippen molar-refractivity contribution in [2.75, 3.05) is 0 Å². The van der Waals surface area contributed by atoms with Gasteiger partial charge in [-0.2, -0.15) is 0 Å². The van der Waals surface area contributed by atoms with Gasteiger partial charge in [0.05, 0.1) is 5.41 Å². The zero-order valence-corrected chi connectivity index (χ0v) is 11.8. The maximum atomic E-state index is 13.0. The zero-order chi connectivity index (χ0) is 15.0. The second-order valence-corrected chi connectivity index (χ2v) is 5.93. The lowest BCUT2D eigenvalue weighted by atomic mass is 9.91. The molecule has 0 saturated heterocycles. The van der Waals surface area contributed by atoms with Gasteiger partial charge in [0.1, 0.15) is 5.82 Å². The van der Waals surface area contributed by atoms with Crippen molar-refractivity contribution in [3.8, 4) is 0 Å². The Hall–Kier alpha value is -2.16. The van der Waals surface area contributed by atoms with E-state index in [9.17, 15) is 14.3 Å².